The minimum Gasteiger partial charge on any atom is -0.355 e. The van der Waals surface area contributed by atoms with E-state index in [1.807, 2.05) is 13.8 Å². The van der Waals surface area contributed by atoms with Gasteiger partial charge in [-0.25, -0.2) is 9.78 Å². The lowest BCUT2D eigenvalue weighted by atomic mass is 9.85. The van der Waals surface area contributed by atoms with E-state index in [9.17, 15) is 9.59 Å². The third-order valence-corrected chi connectivity index (χ3v) is 5.23. The normalized spacial score (nSPS) is 20.3. The molecule has 0 unspecified atom stereocenters. The molecular formula is C18H27N5O2. The highest BCUT2D eigenvalue weighted by molar-refractivity contribution is 6.06. The van der Waals surface area contributed by atoms with Gasteiger partial charge in [-0.1, -0.05) is 13.8 Å². The van der Waals surface area contributed by atoms with Gasteiger partial charge in [0.25, 0.3) is 5.91 Å². The molecule has 25 heavy (non-hydrogen) atoms. The van der Waals surface area contributed by atoms with Gasteiger partial charge in [0, 0.05) is 32.9 Å². The fourth-order valence-corrected chi connectivity index (χ4v) is 3.89. The number of aromatic nitrogens is 2. The zero-order valence-electron chi connectivity index (χ0n) is 15.7. The van der Waals surface area contributed by atoms with Crippen LogP contribution in [0.2, 0.25) is 0 Å². The summed E-state index contributed by atoms with van der Waals surface area (Å²) in [5.74, 6) is 1.14. The van der Waals surface area contributed by atoms with Gasteiger partial charge < -0.3 is 9.80 Å². The van der Waals surface area contributed by atoms with Crippen molar-refractivity contribution in [3.05, 3.63) is 17.6 Å². The molecule has 0 saturated carbocycles. The predicted octanol–water partition coefficient (Wildman–Crippen LogP) is 1.98. The monoisotopic (exact) mass is 345 g/mol. The summed E-state index contributed by atoms with van der Waals surface area (Å²) in [7, 11) is 1.59. The molecule has 3 rings (SSSR count). The maximum Gasteiger partial charge on any atom is 0.327 e. The number of imide groups is 1. The Hall–Kier alpha value is -2.18. The van der Waals surface area contributed by atoms with Crippen LogP contribution in [0.1, 0.15) is 38.1 Å². The van der Waals surface area contributed by atoms with Gasteiger partial charge in [-0.3, -0.25) is 14.7 Å². The number of hydrogen-bond donors (Lipinski definition) is 0. The summed E-state index contributed by atoms with van der Waals surface area (Å²) >= 11 is 0. The second-order valence-corrected chi connectivity index (χ2v) is 7.59. The van der Waals surface area contributed by atoms with Crippen LogP contribution in [0.3, 0.4) is 0 Å². The average Bonchev–Trinajstić information content (AvgIpc) is 2.74. The quantitative estimate of drug-likeness (QED) is 0.784. The Morgan fingerprint density at radius 1 is 1.20 bits per heavy atom. The average molecular weight is 345 g/mol. The molecule has 0 bridgehead atoms. The smallest absolute Gasteiger partial charge is 0.327 e. The van der Waals surface area contributed by atoms with Crippen molar-refractivity contribution in [3.63, 3.8) is 0 Å². The molecule has 1 aromatic heterocycles. The molecule has 0 atom stereocenters. The Kier molecular flexibility index (Phi) is 4.43. The van der Waals surface area contributed by atoms with Crippen molar-refractivity contribution in [2.45, 2.75) is 46.1 Å². The van der Waals surface area contributed by atoms with Crippen LogP contribution in [0.25, 0.3) is 0 Å². The summed E-state index contributed by atoms with van der Waals surface area (Å²) in [5, 5.41) is 0. The van der Waals surface area contributed by atoms with Gasteiger partial charge in [0.05, 0.1) is 11.4 Å². The van der Waals surface area contributed by atoms with E-state index in [1.54, 1.807) is 18.1 Å². The topological polar surface area (TPSA) is 69.6 Å². The van der Waals surface area contributed by atoms with E-state index in [1.165, 1.54) is 4.90 Å². The first kappa shape index (κ1) is 17.6. The van der Waals surface area contributed by atoms with Crippen molar-refractivity contribution in [2.24, 2.45) is 5.92 Å². The number of likely N-dealkylation sites (N-methyl/N-ethyl adjacent to an activating group) is 1. The van der Waals surface area contributed by atoms with E-state index < -0.39 is 5.54 Å². The predicted molar refractivity (Wildman–Crippen MR) is 95.4 cm³/mol. The summed E-state index contributed by atoms with van der Waals surface area (Å²) in [6.45, 7) is 10.0. The van der Waals surface area contributed by atoms with E-state index >= 15 is 0 Å². The van der Waals surface area contributed by atoms with E-state index in [0.717, 1.165) is 17.2 Å². The van der Waals surface area contributed by atoms with Crippen molar-refractivity contribution in [1.29, 1.82) is 0 Å². The van der Waals surface area contributed by atoms with Crippen LogP contribution in [0, 0.1) is 19.8 Å². The summed E-state index contributed by atoms with van der Waals surface area (Å²) in [4.78, 5) is 39.7. The molecule has 136 valence electrons. The molecule has 2 aliphatic rings. The number of urea groups is 1. The molecule has 1 spiro atoms. The fraction of sp³-hybridized carbons (Fsp3) is 0.667. The minimum absolute atomic E-state index is 0.0650. The van der Waals surface area contributed by atoms with Crippen LogP contribution >= 0.6 is 0 Å². The van der Waals surface area contributed by atoms with Crippen LogP contribution < -0.4 is 4.90 Å². The molecule has 0 N–H and O–H groups in total. The van der Waals surface area contributed by atoms with Crippen molar-refractivity contribution in [3.8, 4) is 0 Å². The van der Waals surface area contributed by atoms with Gasteiger partial charge in [0.1, 0.15) is 11.4 Å². The molecule has 0 aromatic carbocycles. The molecule has 2 saturated heterocycles. The van der Waals surface area contributed by atoms with Gasteiger partial charge in [-0.2, -0.15) is 0 Å². The number of amides is 3. The third-order valence-electron chi connectivity index (χ3n) is 5.23. The Morgan fingerprint density at radius 2 is 1.84 bits per heavy atom. The van der Waals surface area contributed by atoms with E-state index in [0.29, 0.717) is 38.4 Å². The van der Waals surface area contributed by atoms with Gasteiger partial charge in [0.2, 0.25) is 0 Å². The van der Waals surface area contributed by atoms with Crippen LogP contribution in [-0.2, 0) is 4.79 Å². The van der Waals surface area contributed by atoms with E-state index in [-0.39, 0.29) is 11.9 Å². The Morgan fingerprint density at radius 3 is 2.44 bits per heavy atom. The molecule has 2 fully saturated rings. The molecule has 7 nitrogen and oxygen atoms in total. The summed E-state index contributed by atoms with van der Waals surface area (Å²) in [6.07, 6.45) is 3.02. The number of aryl methyl sites for hydroxylation is 2. The number of carbonyl (C=O) groups excluding carboxylic acids is 2. The molecule has 1 aromatic rings. The SMILES string of the molecule is Cc1cnc(C)c(N2CCC3(CC2)C(=O)N(C)C(=O)N3CC(C)C)n1. The zero-order valence-corrected chi connectivity index (χ0v) is 15.7. The molecule has 3 heterocycles. The highest BCUT2D eigenvalue weighted by Crippen LogP contribution is 2.38. The number of piperidine rings is 1. The van der Waals surface area contributed by atoms with Crippen LogP contribution in [0.4, 0.5) is 10.6 Å². The second-order valence-electron chi connectivity index (χ2n) is 7.59. The second kappa shape index (κ2) is 6.28. The molecule has 3 amide bonds. The molecule has 2 aliphatic heterocycles. The highest BCUT2D eigenvalue weighted by Gasteiger charge is 2.56. The van der Waals surface area contributed by atoms with Crippen molar-refractivity contribution in [1.82, 2.24) is 19.8 Å². The fourth-order valence-electron chi connectivity index (χ4n) is 3.89. The molecular weight excluding hydrogens is 318 g/mol. The maximum absolute atomic E-state index is 12.9. The van der Waals surface area contributed by atoms with Crippen molar-refractivity contribution in [2.75, 3.05) is 31.6 Å². The first-order chi connectivity index (χ1) is 11.8. The Balaban J connectivity index is 1.84. The molecule has 0 radical (unpaired) electrons. The maximum atomic E-state index is 12.9. The van der Waals surface area contributed by atoms with Gasteiger partial charge in [0.15, 0.2) is 0 Å². The van der Waals surface area contributed by atoms with Crippen LogP contribution in [0.5, 0.6) is 0 Å². The standard InChI is InChI=1S/C18H27N5O2/c1-12(2)11-23-17(25)21(5)16(24)18(23)6-8-22(9-7-18)15-14(4)19-10-13(3)20-15/h10,12H,6-9,11H2,1-5H3. The largest absolute Gasteiger partial charge is 0.355 e. The van der Waals surface area contributed by atoms with Crippen molar-refractivity contribution >= 4 is 17.8 Å². The third kappa shape index (κ3) is 2.85. The van der Waals surface area contributed by atoms with Gasteiger partial charge in [-0.15, -0.1) is 0 Å². The summed E-state index contributed by atoms with van der Waals surface area (Å²) < 4.78 is 0. The lowest BCUT2D eigenvalue weighted by Crippen LogP contribution is -2.57. The van der Waals surface area contributed by atoms with Crippen LogP contribution in [0.15, 0.2) is 6.20 Å². The summed E-state index contributed by atoms with van der Waals surface area (Å²) in [6, 6.07) is -0.168. The van der Waals surface area contributed by atoms with Gasteiger partial charge in [-0.05, 0) is 32.6 Å². The number of hydrogen-bond acceptors (Lipinski definition) is 5. The number of anilines is 1. The number of carbonyl (C=O) groups is 2. The van der Waals surface area contributed by atoms with Gasteiger partial charge >= 0.3 is 6.03 Å². The van der Waals surface area contributed by atoms with E-state index in [2.05, 4.69) is 28.7 Å². The first-order valence-corrected chi connectivity index (χ1v) is 8.91. The lowest BCUT2D eigenvalue weighted by molar-refractivity contribution is -0.133. The highest BCUT2D eigenvalue weighted by atomic mass is 16.2. The zero-order chi connectivity index (χ0) is 18.4. The Bertz CT molecular complexity index is 695. The van der Waals surface area contributed by atoms with Crippen LogP contribution in [-0.4, -0.2) is 63.9 Å². The lowest BCUT2D eigenvalue weighted by Gasteiger charge is -2.43. The molecule has 7 heteroatoms. The van der Waals surface area contributed by atoms with E-state index in [4.69, 9.17) is 0 Å². The number of rotatable bonds is 3. The molecule has 0 aliphatic carbocycles. The summed E-state index contributed by atoms with van der Waals surface area (Å²) in [5.41, 5.74) is 1.08. The minimum atomic E-state index is -0.697. The van der Waals surface area contributed by atoms with Crippen molar-refractivity contribution < 1.29 is 9.59 Å². The number of nitrogens with zero attached hydrogens (tertiary/aromatic N) is 5. The first-order valence-electron chi connectivity index (χ1n) is 8.91. The Labute approximate surface area is 149 Å².